The molecule has 0 fully saturated rings. The number of thioether (sulfide) groups is 1. The molecule has 1 amide bonds. The number of nitrogens with zero attached hydrogens (tertiary/aromatic N) is 1. The van der Waals surface area contributed by atoms with Gasteiger partial charge in [0, 0.05) is 4.88 Å². The van der Waals surface area contributed by atoms with Crippen LogP contribution in [0.15, 0.2) is 29.1 Å². The van der Waals surface area contributed by atoms with E-state index in [0.717, 1.165) is 27.3 Å². The molecule has 0 bridgehead atoms. The van der Waals surface area contributed by atoms with Gasteiger partial charge in [0.15, 0.2) is 0 Å². The normalized spacial score (nSPS) is 12.3. The third-order valence-electron chi connectivity index (χ3n) is 4.78. The van der Waals surface area contributed by atoms with Gasteiger partial charge >= 0.3 is 0 Å². The summed E-state index contributed by atoms with van der Waals surface area (Å²) in [5.74, 6) is 1.42. The van der Waals surface area contributed by atoms with E-state index in [0.29, 0.717) is 22.7 Å². The molecule has 5 nitrogen and oxygen atoms in total. The summed E-state index contributed by atoms with van der Waals surface area (Å²) in [7, 11) is 0. The van der Waals surface area contributed by atoms with E-state index in [1.165, 1.54) is 28.7 Å². The minimum absolute atomic E-state index is 0.0105. The van der Waals surface area contributed by atoms with Gasteiger partial charge in [-0.2, -0.15) is 0 Å². The van der Waals surface area contributed by atoms with E-state index in [-0.39, 0.29) is 17.5 Å². The zero-order chi connectivity index (χ0) is 20.3. The Bertz CT molecular complexity index is 1040. The van der Waals surface area contributed by atoms with E-state index in [9.17, 15) is 9.59 Å². The molecule has 2 aromatic heterocycles. The van der Waals surface area contributed by atoms with Gasteiger partial charge in [-0.1, -0.05) is 36.8 Å². The number of thiophene rings is 1. The highest BCUT2D eigenvalue weighted by molar-refractivity contribution is 7.99. The van der Waals surface area contributed by atoms with E-state index >= 15 is 0 Å². The van der Waals surface area contributed by atoms with E-state index in [1.807, 2.05) is 13.8 Å². The number of nitrogens with one attached hydrogen (secondary N) is 2. The summed E-state index contributed by atoms with van der Waals surface area (Å²) in [4.78, 5) is 34.0. The molecular weight excluding hydrogens is 390 g/mol. The molecule has 3 rings (SSSR count). The summed E-state index contributed by atoms with van der Waals surface area (Å²) < 4.78 is 0. The van der Waals surface area contributed by atoms with Crippen molar-refractivity contribution >= 4 is 39.2 Å². The minimum atomic E-state index is -0.0997. The van der Waals surface area contributed by atoms with Crippen molar-refractivity contribution in [3.63, 3.8) is 0 Å². The molecule has 0 aliphatic carbocycles. The first-order valence-electron chi connectivity index (χ1n) is 9.31. The number of aromatic nitrogens is 2. The average Bonchev–Trinajstić information content (AvgIpc) is 2.95. The van der Waals surface area contributed by atoms with Crippen LogP contribution in [0.1, 0.15) is 46.8 Å². The van der Waals surface area contributed by atoms with Crippen molar-refractivity contribution in [2.24, 2.45) is 0 Å². The van der Waals surface area contributed by atoms with Gasteiger partial charge in [-0.15, -0.1) is 23.1 Å². The molecular formula is C21H25N3O2S2. The third kappa shape index (κ3) is 4.64. The number of amides is 1. The molecule has 0 saturated carbocycles. The molecule has 1 aromatic carbocycles. The standard InChI is InChI=1S/C21H25N3O2S2/c1-5-16(15-8-6-12(2)7-9-15)22-18(25)11-27-10-17-23-20(26)19-13(3)14(4)28-21(19)24-17/h6-9,16H,5,10-11H2,1-4H3,(H,22,25)(H,23,24,26)/t16-/m1/s1. The van der Waals surface area contributed by atoms with Crippen molar-refractivity contribution in [2.75, 3.05) is 5.75 Å². The van der Waals surface area contributed by atoms with Crippen molar-refractivity contribution in [1.82, 2.24) is 15.3 Å². The number of fused-ring (bicyclic) bond motifs is 1. The van der Waals surface area contributed by atoms with Crippen molar-refractivity contribution < 1.29 is 4.79 Å². The fraction of sp³-hybridized carbons (Fsp3) is 0.381. The summed E-state index contributed by atoms with van der Waals surface area (Å²) in [5, 5.41) is 3.77. The Labute approximate surface area is 173 Å². The van der Waals surface area contributed by atoms with E-state index in [2.05, 4.69) is 53.4 Å². The summed E-state index contributed by atoms with van der Waals surface area (Å²) in [6, 6.07) is 8.26. The molecule has 0 radical (unpaired) electrons. The predicted molar refractivity (Wildman–Crippen MR) is 118 cm³/mol. The molecule has 2 N–H and O–H groups in total. The Kier molecular flexibility index (Phi) is 6.57. The lowest BCUT2D eigenvalue weighted by Crippen LogP contribution is -2.29. The molecule has 0 aliphatic heterocycles. The van der Waals surface area contributed by atoms with Crippen LogP contribution in [0.25, 0.3) is 10.2 Å². The highest BCUT2D eigenvalue weighted by atomic mass is 32.2. The number of carbonyl (C=O) groups is 1. The zero-order valence-corrected chi connectivity index (χ0v) is 18.2. The molecule has 0 unspecified atom stereocenters. The molecule has 3 aromatic rings. The van der Waals surface area contributed by atoms with Gasteiger partial charge in [0.05, 0.1) is 22.9 Å². The number of H-pyrrole nitrogens is 1. The lowest BCUT2D eigenvalue weighted by Gasteiger charge is -2.17. The first-order valence-corrected chi connectivity index (χ1v) is 11.3. The molecule has 2 heterocycles. The number of aromatic amines is 1. The summed E-state index contributed by atoms with van der Waals surface area (Å²) >= 11 is 2.99. The first kappa shape index (κ1) is 20.6. The van der Waals surface area contributed by atoms with Crippen LogP contribution >= 0.6 is 23.1 Å². The number of carbonyl (C=O) groups excluding carboxylic acids is 1. The van der Waals surface area contributed by atoms with E-state index in [1.54, 1.807) is 0 Å². The Hall–Kier alpha value is -2.12. The molecule has 1 atom stereocenters. The third-order valence-corrected chi connectivity index (χ3v) is 6.83. The Morgan fingerprint density at radius 3 is 2.64 bits per heavy atom. The summed E-state index contributed by atoms with van der Waals surface area (Å²) in [6.45, 7) is 8.06. The van der Waals surface area contributed by atoms with Crippen LogP contribution < -0.4 is 10.9 Å². The Morgan fingerprint density at radius 2 is 1.96 bits per heavy atom. The van der Waals surface area contributed by atoms with Crippen molar-refractivity contribution in [3.8, 4) is 0 Å². The van der Waals surface area contributed by atoms with Gasteiger partial charge in [-0.25, -0.2) is 4.98 Å². The number of hydrogen-bond acceptors (Lipinski definition) is 5. The van der Waals surface area contributed by atoms with Crippen molar-refractivity contribution in [1.29, 1.82) is 0 Å². The lowest BCUT2D eigenvalue weighted by molar-refractivity contribution is -0.119. The van der Waals surface area contributed by atoms with Crippen LogP contribution in [0, 0.1) is 20.8 Å². The molecule has 0 saturated heterocycles. The number of benzene rings is 1. The highest BCUT2D eigenvalue weighted by Crippen LogP contribution is 2.26. The van der Waals surface area contributed by atoms with Crippen LogP contribution in [0.5, 0.6) is 0 Å². The van der Waals surface area contributed by atoms with Crippen LogP contribution in [0.3, 0.4) is 0 Å². The second-order valence-electron chi connectivity index (χ2n) is 6.91. The highest BCUT2D eigenvalue weighted by Gasteiger charge is 2.14. The number of hydrogen-bond donors (Lipinski definition) is 2. The molecule has 28 heavy (non-hydrogen) atoms. The molecule has 7 heteroatoms. The maximum atomic E-state index is 12.3. The van der Waals surface area contributed by atoms with Crippen LogP contribution in [0.2, 0.25) is 0 Å². The largest absolute Gasteiger partial charge is 0.349 e. The van der Waals surface area contributed by atoms with E-state index < -0.39 is 0 Å². The van der Waals surface area contributed by atoms with Crippen LogP contribution in [-0.2, 0) is 10.5 Å². The quantitative estimate of drug-likeness (QED) is 0.599. The Balaban J connectivity index is 1.58. The smallest absolute Gasteiger partial charge is 0.259 e. The van der Waals surface area contributed by atoms with Crippen LogP contribution in [-0.4, -0.2) is 21.6 Å². The number of aryl methyl sites for hydroxylation is 3. The monoisotopic (exact) mass is 415 g/mol. The fourth-order valence-corrected chi connectivity index (χ4v) is 4.81. The van der Waals surface area contributed by atoms with Crippen molar-refractivity contribution in [3.05, 3.63) is 62.0 Å². The molecule has 148 valence electrons. The maximum absolute atomic E-state index is 12.3. The second kappa shape index (κ2) is 8.92. The number of rotatable bonds is 7. The van der Waals surface area contributed by atoms with E-state index in [4.69, 9.17) is 0 Å². The van der Waals surface area contributed by atoms with Crippen LogP contribution in [0.4, 0.5) is 0 Å². The SMILES string of the molecule is CC[C@@H](NC(=O)CSCc1nc2sc(C)c(C)c2c(=O)[nH]1)c1ccc(C)cc1. The second-order valence-corrected chi connectivity index (χ2v) is 9.10. The van der Waals surface area contributed by atoms with Crippen molar-refractivity contribution in [2.45, 2.75) is 45.9 Å². The van der Waals surface area contributed by atoms with Gasteiger partial charge in [-0.05, 0) is 38.3 Å². The summed E-state index contributed by atoms with van der Waals surface area (Å²) in [6.07, 6.45) is 0.835. The topological polar surface area (TPSA) is 74.8 Å². The summed E-state index contributed by atoms with van der Waals surface area (Å²) in [5.41, 5.74) is 3.22. The van der Waals surface area contributed by atoms with Gasteiger partial charge in [-0.3, -0.25) is 9.59 Å². The van der Waals surface area contributed by atoms with Gasteiger partial charge in [0.2, 0.25) is 5.91 Å². The zero-order valence-electron chi connectivity index (χ0n) is 16.6. The maximum Gasteiger partial charge on any atom is 0.259 e. The van der Waals surface area contributed by atoms with Gasteiger partial charge in [0.25, 0.3) is 5.56 Å². The van der Waals surface area contributed by atoms with Gasteiger partial charge in [0.1, 0.15) is 10.7 Å². The van der Waals surface area contributed by atoms with Gasteiger partial charge < -0.3 is 10.3 Å². The Morgan fingerprint density at radius 1 is 1.25 bits per heavy atom. The first-order chi connectivity index (χ1) is 13.4. The average molecular weight is 416 g/mol. The fourth-order valence-electron chi connectivity index (χ4n) is 3.06. The predicted octanol–water partition coefficient (Wildman–Crippen LogP) is 4.41. The minimum Gasteiger partial charge on any atom is -0.349 e. The molecule has 0 aliphatic rings. The molecule has 0 spiro atoms. The lowest BCUT2D eigenvalue weighted by atomic mass is 10.0.